The van der Waals surface area contributed by atoms with E-state index in [4.69, 9.17) is 16.3 Å². The molecule has 0 aromatic heterocycles. The molecule has 172 valence electrons. The quantitative estimate of drug-likeness (QED) is 0.579. The lowest BCUT2D eigenvalue weighted by atomic mass is 9.78. The third-order valence-corrected chi connectivity index (χ3v) is 5.40. The van der Waals surface area contributed by atoms with Crippen molar-refractivity contribution in [3.05, 3.63) is 34.9 Å². The number of alkyl halides is 3. The molecular weight excluding hydrogens is 439 g/mol. The summed E-state index contributed by atoms with van der Waals surface area (Å²) in [5, 5.41) is 3.07. The number of amides is 1. The number of hydrogen-bond donors (Lipinski definition) is 1. The normalized spacial score (nSPS) is 19.9. The van der Waals surface area contributed by atoms with E-state index in [1.165, 1.54) is 0 Å². The smallest absolute Gasteiger partial charge is 0.422 e. The second kappa shape index (κ2) is 11.4. The van der Waals surface area contributed by atoms with E-state index in [2.05, 4.69) is 10.1 Å². The number of esters is 2. The summed E-state index contributed by atoms with van der Waals surface area (Å²) in [6.07, 6.45) is -2.99. The van der Waals surface area contributed by atoms with Crippen molar-refractivity contribution < 1.29 is 37.0 Å². The maximum Gasteiger partial charge on any atom is 0.422 e. The van der Waals surface area contributed by atoms with Gasteiger partial charge >= 0.3 is 18.1 Å². The third-order valence-electron chi connectivity index (χ3n) is 5.06. The molecule has 0 heterocycles. The third kappa shape index (κ3) is 7.72. The van der Waals surface area contributed by atoms with Gasteiger partial charge < -0.3 is 14.8 Å². The van der Waals surface area contributed by atoms with Crippen molar-refractivity contribution in [3.63, 3.8) is 0 Å². The Bertz CT molecular complexity index is 787. The van der Waals surface area contributed by atoms with E-state index in [-0.39, 0.29) is 19.4 Å². The number of ether oxygens (including phenoxy) is 2. The van der Waals surface area contributed by atoms with Crippen molar-refractivity contribution in [2.75, 3.05) is 13.2 Å². The molecule has 3 atom stereocenters. The standard InChI is InChI=1S/C21H25ClF3NO5/c1-2-30-18(27)11-17(15-9-5-6-10-16(15)22)26-19(28)13-7-3-4-8-14(13)20(29)31-12-21(23,24)25/h5-6,9-10,13-14,17H,2-4,7-8,11-12H2,1H3,(H,26,28)/t13-,14-,17+/m0/s1. The molecule has 1 aliphatic rings. The zero-order valence-electron chi connectivity index (χ0n) is 17.0. The van der Waals surface area contributed by atoms with Gasteiger partial charge in [-0.3, -0.25) is 14.4 Å². The highest BCUT2D eigenvalue weighted by Crippen LogP contribution is 2.33. The molecule has 1 amide bonds. The molecule has 2 rings (SSSR count). The van der Waals surface area contributed by atoms with Crippen LogP contribution < -0.4 is 5.32 Å². The van der Waals surface area contributed by atoms with Crippen LogP contribution >= 0.6 is 11.6 Å². The minimum absolute atomic E-state index is 0.164. The van der Waals surface area contributed by atoms with E-state index in [1.54, 1.807) is 31.2 Å². The molecule has 0 saturated heterocycles. The van der Waals surface area contributed by atoms with Crippen molar-refractivity contribution in [1.82, 2.24) is 5.32 Å². The highest BCUT2D eigenvalue weighted by atomic mass is 35.5. The van der Waals surface area contributed by atoms with Crippen LogP contribution in [0.1, 0.15) is 50.6 Å². The molecule has 10 heteroatoms. The van der Waals surface area contributed by atoms with Gasteiger partial charge in [0.2, 0.25) is 5.91 Å². The Morgan fingerprint density at radius 1 is 1.13 bits per heavy atom. The second-order valence-corrected chi connectivity index (χ2v) is 7.72. The summed E-state index contributed by atoms with van der Waals surface area (Å²) in [4.78, 5) is 37.3. The molecule has 1 aromatic carbocycles. The number of rotatable bonds is 8. The summed E-state index contributed by atoms with van der Waals surface area (Å²) >= 11 is 6.23. The molecule has 0 radical (unpaired) electrons. The van der Waals surface area contributed by atoms with Crippen LogP contribution in [0.15, 0.2) is 24.3 Å². The van der Waals surface area contributed by atoms with Crippen LogP contribution in [-0.4, -0.2) is 37.2 Å². The Morgan fingerprint density at radius 3 is 2.39 bits per heavy atom. The van der Waals surface area contributed by atoms with Gasteiger partial charge in [0, 0.05) is 5.02 Å². The van der Waals surface area contributed by atoms with Crippen LogP contribution in [0.4, 0.5) is 13.2 Å². The highest BCUT2D eigenvalue weighted by molar-refractivity contribution is 6.31. The molecule has 6 nitrogen and oxygen atoms in total. The Hall–Kier alpha value is -2.29. The summed E-state index contributed by atoms with van der Waals surface area (Å²) in [5.74, 6) is -3.97. The Kier molecular flexibility index (Phi) is 9.15. The first kappa shape index (κ1) is 25.0. The van der Waals surface area contributed by atoms with Crippen molar-refractivity contribution in [3.8, 4) is 0 Å². The Labute approximate surface area is 183 Å². The topological polar surface area (TPSA) is 81.7 Å². The van der Waals surface area contributed by atoms with Gasteiger partial charge in [-0.05, 0) is 31.4 Å². The monoisotopic (exact) mass is 463 g/mol. The first-order chi connectivity index (χ1) is 14.6. The van der Waals surface area contributed by atoms with E-state index in [0.29, 0.717) is 29.8 Å². The fourth-order valence-corrected chi connectivity index (χ4v) is 3.92. The lowest BCUT2D eigenvalue weighted by Crippen LogP contribution is -2.42. The molecular formula is C21H25ClF3NO5. The molecule has 1 saturated carbocycles. The van der Waals surface area contributed by atoms with Crippen LogP contribution in [0, 0.1) is 11.8 Å². The fourth-order valence-electron chi connectivity index (χ4n) is 3.65. The zero-order valence-corrected chi connectivity index (χ0v) is 17.8. The van der Waals surface area contributed by atoms with E-state index < -0.39 is 48.5 Å². The molecule has 1 fully saturated rings. The van der Waals surface area contributed by atoms with Crippen molar-refractivity contribution in [2.45, 2.75) is 51.2 Å². The average Bonchev–Trinajstić information content (AvgIpc) is 2.71. The van der Waals surface area contributed by atoms with Crippen LogP contribution in [0.25, 0.3) is 0 Å². The Morgan fingerprint density at radius 2 is 1.77 bits per heavy atom. The number of hydrogen-bond acceptors (Lipinski definition) is 5. The summed E-state index contributed by atoms with van der Waals surface area (Å²) in [6.45, 7) is 0.125. The van der Waals surface area contributed by atoms with Gasteiger partial charge in [0.1, 0.15) is 0 Å². The van der Waals surface area contributed by atoms with Crippen LogP contribution in [0.3, 0.4) is 0 Å². The number of carbonyl (C=O) groups excluding carboxylic acids is 3. The minimum atomic E-state index is -4.64. The van der Waals surface area contributed by atoms with Crippen LogP contribution in [-0.2, 0) is 23.9 Å². The lowest BCUT2D eigenvalue weighted by molar-refractivity contribution is -0.191. The van der Waals surface area contributed by atoms with Gasteiger partial charge in [0.25, 0.3) is 0 Å². The van der Waals surface area contributed by atoms with Gasteiger partial charge in [-0.1, -0.05) is 42.6 Å². The molecule has 1 aromatic rings. The molecule has 1 N–H and O–H groups in total. The molecule has 0 unspecified atom stereocenters. The van der Waals surface area contributed by atoms with Gasteiger partial charge in [-0.2, -0.15) is 13.2 Å². The minimum Gasteiger partial charge on any atom is -0.466 e. The summed E-state index contributed by atoms with van der Waals surface area (Å²) < 4.78 is 46.6. The number of halogens is 4. The first-order valence-electron chi connectivity index (χ1n) is 10.1. The summed E-state index contributed by atoms with van der Waals surface area (Å²) in [7, 11) is 0. The predicted octanol–water partition coefficient (Wildman–Crippen LogP) is 4.36. The largest absolute Gasteiger partial charge is 0.466 e. The van der Waals surface area contributed by atoms with Crippen molar-refractivity contribution >= 4 is 29.4 Å². The van der Waals surface area contributed by atoms with E-state index in [1.807, 2.05) is 0 Å². The van der Waals surface area contributed by atoms with Gasteiger partial charge in [-0.25, -0.2) is 0 Å². The summed E-state index contributed by atoms with van der Waals surface area (Å²) in [6, 6.07) is 5.85. The van der Waals surface area contributed by atoms with E-state index >= 15 is 0 Å². The maximum absolute atomic E-state index is 13.0. The second-order valence-electron chi connectivity index (χ2n) is 7.31. The molecule has 1 aliphatic carbocycles. The Balaban J connectivity index is 2.16. The average molecular weight is 464 g/mol. The van der Waals surface area contributed by atoms with Crippen LogP contribution in [0.5, 0.6) is 0 Å². The molecule has 0 aliphatic heterocycles. The summed E-state index contributed by atoms with van der Waals surface area (Å²) in [5.41, 5.74) is 0.498. The maximum atomic E-state index is 13.0. The molecule has 31 heavy (non-hydrogen) atoms. The SMILES string of the molecule is CCOC(=O)C[C@@H](NC(=O)[C@H]1CCCC[C@@H]1C(=O)OCC(F)(F)F)c1ccccc1Cl. The van der Waals surface area contributed by atoms with Gasteiger partial charge in [0.05, 0.1) is 30.9 Å². The number of nitrogens with one attached hydrogen (secondary N) is 1. The van der Waals surface area contributed by atoms with Gasteiger partial charge in [0.15, 0.2) is 6.61 Å². The lowest BCUT2D eigenvalue weighted by Gasteiger charge is -2.30. The zero-order chi connectivity index (χ0) is 23.0. The van der Waals surface area contributed by atoms with Crippen LogP contribution in [0.2, 0.25) is 5.02 Å². The molecule has 0 spiro atoms. The fraction of sp³-hybridized carbons (Fsp3) is 0.571. The first-order valence-corrected chi connectivity index (χ1v) is 10.4. The highest BCUT2D eigenvalue weighted by Gasteiger charge is 2.39. The number of carbonyl (C=O) groups is 3. The van der Waals surface area contributed by atoms with E-state index in [0.717, 1.165) is 0 Å². The van der Waals surface area contributed by atoms with Crippen molar-refractivity contribution in [2.24, 2.45) is 11.8 Å². The molecule has 0 bridgehead atoms. The van der Waals surface area contributed by atoms with E-state index in [9.17, 15) is 27.6 Å². The predicted molar refractivity (Wildman–Crippen MR) is 106 cm³/mol. The van der Waals surface area contributed by atoms with Gasteiger partial charge in [-0.15, -0.1) is 0 Å². The number of benzene rings is 1. The van der Waals surface area contributed by atoms with Crippen molar-refractivity contribution in [1.29, 1.82) is 0 Å².